The van der Waals surface area contributed by atoms with Gasteiger partial charge in [0.05, 0.1) is 0 Å². The maximum atomic E-state index is 3.96. The van der Waals surface area contributed by atoms with Gasteiger partial charge in [-0.3, -0.25) is 0 Å². The fraction of sp³-hybridized carbons (Fsp3) is 1.00. The molecule has 0 nitrogen and oxygen atoms in total. The second-order valence-corrected chi connectivity index (χ2v) is 4.45. The minimum Gasteiger partial charge on any atom is -0.167 e. The van der Waals surface area contributed by atoms with Gasteiger partial charge in [0.2, 0.25) is 0 Å². The molecular weight excluding hydrogens is 152 g/mol. The molecule has 0 fully saturated rings. The lowest BCUT2D eigenvalue weighted by Crippen LogP contribution is -1.52. The van der Waals surface area contributed by atoms with Crippen molar-refractivity contribution in [3.8, 4) is 0 Å². The van der Waals surface area contributed by atoms with E-state index < -0.39 is 0 Å². The molecule has 0 spiro atoms. The first-order chi connectivity index (χ1) is 2.91. The number of rotatable bonds is 3. The van der Waals surface area contributed by atoms with Crippen molar-refractivity contribution >= 4 is 46.8 Å². The third-order valence-electron chi connectivity index (χ3n) is 0.189. The van der Waals surface area contributed by atoms with Gasteiger partial charge in [-0.05, 0) is 0 Å². The Morgan fingerprint density at radius 3 is 1.50 bits per heavy atom. The standard InChI is InChI=1S/C2H6S4/c3-1-5-6-2-4/h3-4H,1-2H2. The maximum Gasteiger partial charge on any atom is 0.0466 e. The summed E-state index contributed by atoms with van der Waals surface area (Å²) < 4.78 is 0. The molecule has 0 saturated heterocycles. The normalized spacial score (nSPS) is 9.00. The van der Waals surface area contributed by atoms with Crippen LogP contribution in [0.15, 0.2) is 0 Å². The van der Waals surface area contributed by atoms with Crippen LogP contribution in [0.2, 0.25) is 0 Å². The van der Waals surface area contributed by atoms with Gasteiger partial charge in [0, 0.05) is 10.2 Å². The highest BCUT2D eigenvalue weighted by molar-refractivity contribution is 8.78. The Bertz CT molecular complexity index is 17.5. The largest absolute Gasteiger partial charge is 0.167 e. The highest BCUT2D eigenvalue weighted by atomic mass is 33.1. The fourth-order valence-corrected chi connectivity index (χ4v) is 2.01. The zero-order chi connectivity index (χ0) is 4.83. The first-order valence-electron chi connectivity index (χ1n) is 1.38. The predicted molar refractivity (Wildman–Crippen MR) is 42.9 cm³/mol. The summed E-state index contributed by atoms with van der Waals surface area (Å²) in [4.78, 5) is 0. The van der Waals surface area contributed by atoms with E-state index in [9.17, 15) is 0 Å². The second-order valence-electron chi connectivity index (χ2n) is 0.494. The molecule has 0 aliphatic heterocycles. The van der Waals surface area contributed by atoms with Crippen molar-refractivity contribution in [1.29, 1.82) is 0 Å². The molecule has 38 valence electrons. The first-order valence-corrected chi connectivity index (χ1v) is 5.13. The van der Waals surface area contributed by atoms with Crippen LogP contribution in [0.3, 0.4) is 0 Å². The minimum atomic E-state index is 0.880. The number of hydrogen-bond donors (Lipinski definition) is 2. The Labute approximate surface area is 57.1 Å². The molecule has 6 heavy (non-hydrogen) atoms. The van der Waals surface area contributed by atoms with Gasteiger partial charge in [-0.2, -0.15) is 25.3 Å². The van der Waals surface area contributed by atoms with Gasteiger partial charge in [-0.1, -0.05) is 21.6 Å². The van der Waals surface area contributed by atoms with Crippen molar-refractivity contribution in [2.75, 3.05) is 10.2 Å². The van der Waals surface area contributed by atoms with Gasteiger partial charge in [0.15, 0.2) is 0 Å². The van der Waals surface area contributed by atoms with E-state index in [0.29, 0.717) is 0 Å². The van der Waals surface area contributed by atoms with E-state index in [1.54, 1.807) is 21.6 Å². The summed E-state index contributed by atoms with van der Waals surface area (Å²) in [7, 11) is 3.43. The van der Waals surface area contributed by atoms with E-state index in [4.69, 9.17) is 0 Å². The lowest BCUT2D eigenvalue weighted by molar-refractivity contribution is 2.33. The van der Waals surface area contributed by atoms with Crippen molar-refractivity contribution in [1.82, 2.24) is 0 Å². The molecule has 0 rings (SSSR count). The quantitative estimate of drug-likeness (QED) is 0.279. The van der Waals surface area contributed by atoms with Crippen LogP contribution in [0.25, 0.3) is 0 Å². The van der Waals surface area contributed by atoms with Crippen molar-refractivity contribution in [2.45, 2.75) is 0 Å². The molecular formula is C2H6S4. The molecule has 0 aromatic heterocycles. The van der Waals surface area contributed by atoms with Crippen molar-refractivity contribution in [3.63, 3.8) is 0 Å². The van der Waals surface area contributed by atoms with Crippen LogP contribution < -0.4 is 0 Å². The highest BCUT2D eigenvalue weighted by Crippen LogP contribution is 2.21. The summed E-state index contributed by atoms with van der Waals surface area (Å²) in [5.74, 6) is 0. The molecule has 0 aromatic rings. The summed E-state index contributed by atoms with van der Waals surface area (Å²) in [6, 6.07) is 0. The van der Waals surface area contributed by atoms with Crippen LogP contribution in [0.4, 0.5) is 0 Å². The molecule has 0 amide bonds. The zero-order valence-electron chi connectivity index (χ0n) is 3.13. The van der Waals surface area contributed by atoms with Crippen LogP contribution in [0.5, 0.6) is 0 Å². The van der Waals surface area contributed by atoms with E-state index in [2.05, 4.69) is 25.3 Å². The molecule has 0 aliphatic rings. The molecule has 4 heteroatoms. The van der Waals surface area contributed by atoms with Crippen LogP contribution in [-0.4, -0.2) is 10.2 Å². The summed E-state index contributed by atoms with van der Waals surface area (Å²) in [5.41, 5.74) is 0. The first kappa shape index (κ1) is 7.40. The van der Waals surface area contributed by atoms with E-state index in [1.807, 2.05) is 0 Å². The lowest BCUT2D eigenvalue weighted by atomic mass is 11.9. The Balaban J connectivity index is 2.34. The van der Waals surface area contributed by atoms with Crippen LogP contribution in [0.1, 0.15) is 0 Å². The van der Waals surface area contributed by atoms with Gasteiger partial charge >= 0.3 is 0 Å². The zero-order valence-corrected chi connectivity index (χ0v) is 6.55. The Kier molecular flexibility index (Phi) is 7.89. The topological polar surface area (TPSA) is 0 Å². The van der Waals surface area contributed by atoms with Crippen LogP contribution >= 0.6 is 46.8 Å². The van der Waals surface area contributed by atoms with E-state index in [-0.39, 0.29) is 0 Å². The van der Waals surface area contributed by atoms with E-state index in [1.165, 1.54) is 0 Å². The maximum absolute atomic E-state index is 3.96. The Morgan fingerprint density at radius 2 is 1.33 bits per heavy atom. The van der Waals surface area contributed by atoms with E-state index in [0.717, 1.165) is 10.2 Å². The lowest BCUT2D eigenvalue weighted by Gasteiger charge is -1.85. The predicted octanol–water partition coefficient (Wildman–Crippen LogP) is 2.14. The smallest absolute Gasteiger partial charge is 0.0466 e. The third kappa shape index (κ3) is 5.40. The average molecular weight is 158 g/mol. The van der Waals surface area contributed by atoms with Crippen molar-refractivity contribution in [3.05, 3.63) is 0 Å². The van der Waals surface area contributed by atoms with Gasteiger partial charge in [0.25, 0.3) is 0 Å². The Hall–Kier alpha value is 1.40. The molecule has 0 aromatic carbocycles. The highest BCUT2D eigenvalue weighted by Gasteiger charge is 1.76. The number of thiol groups is 2. The van der Waals surface area contributed by atoms with Gasteiger partial charge in [0.1, 0.15) is 0 Å². The monoisotopic (exact) mass is 158 g/mol. The molecule has 0 aliphatic carbocycles. The van der Waals surface area contributed by atoms with Gasteiger partial charge in [-0.15, -0.1) is 0 Å². The summed E-state index contributed by atoms with van der Waals surface area (Å²) in [6.45, 7) is 0. The van der Waals surface area contributed by atoms with Crippen LogP contribution in [-0.2, 0) is 0 Å². The minimum absolute atomic E-state index is 0.880. The molecule has 0 heterocycles. The van der Waals surface area contributed by atoms with Gasteiger partial charge < -0.3 is 0 Å². The van der Waals surface area contributed by atoms with E-state index >= 15 is 0 Å². The molecule has 0 unspecified atom stereocenters. The Morgan fingerprint density at radius 1 is 1.00 bits per heavy atom. The van der Waals surface area contributed by atoms with Crippen LogP contribution in [0, 0.1) is 0 Å². The average Bonchev–Trinajstić information content (AvgIpc) is 1.61. The summed E-state index contributed by atoms with van der Waals surface area (Å²) in [5, 5.41) is 1.76. The molecule has 0 radical (unpaired) electrons. The summed E-state index contributed by atoms with van der Waals surface area (Å²) >= 11 is 7.93. The fourth-order valence-electron chi connectivity index (χ4n) is 0.0745. The second kappa shape index (κ2) is 6.40. The molecule has 0 N–H and O–H groups in total. The SMILES string of the molecule is SCSSCS. The van der Waals surface area contributed by atoms with Gasteiger partial charge in [-0.25, -0.2) is 0 Å². The summed E-state index contributed by atoms with van der Waals surface area (Å²) in [6.07, 6.45) is 0. The van der Waals surface area contributed by atoms with Crippen molar-refractivity contribution in [2.24, 2.45) is 0 Å². The third-order valence-corrected chi connectivity index (χ3v) is 3.60. The molecule has 0 atom stereocenters. The molecule has 0 saturated carbocycles. The van der Waals surface area contributed by atoms with Crippen molar-refractivity contribution < 1.29 is 0 Å². The molecule has 0 bridgehead atoms. The number of hydrogen-bond acceptors (Lipinski definition) is 4.